The van der Waals surface area contributed by atoms with Gasteiger partial charge >= 0.3 is 0 Å². The van der Waals surface area contributed by atoms with Crippen molar-refractivity contribution in [3.8, 4) is 0 Å². The first-order chi connectivity index (χ1) is 11.2. The molecule has 2 heterocycles. The number of halogens is 1. The van der Waals surface area contributed by atoms with Crippen LogP contribution in [0.4, 0.5) is 15.8 Å². The molecule has 3 nitrogen and oxygen atoms in total. The standard InChI is InChI=1S/C18H24FN3S/c19-15-11-18(23-14-3-4-14)17(21-7-1-2-8-21)12-16(15)22-9-5-13(20)6-10-22/h11-12,14,20H,1-10H2. The first kappa shape index (κ1) is 15.3. The van der Waals surface area contributed by atoms with Gasteiger partial charge in [-0.2, -0.15) is 0 Å². The number of hydrogen-bond donors (Lipinski definition) is 1. The van der Waals surface area contributed by atoms with Crippen LogP contribution in [0.1, 0.15) is 38.5 Å². The SMILES string of the molecule is N=C1CCN(c2cc(N3CCCC3)c(SC3CC3)cc2F)CC1. The summed E-state index contributed by atoms with van der Waals surface area (Å²) >= 11 is 1.86. The van der Waals surface area contributed by atoms with Gasteiger partial charge in [0.1, 0.15) is 5.82 Å². The first-order valence-electron chi connectivity index (χ1n) is 8.77. The summed E-state index contributed by atoms with van der Waals surface area (Å²) in [7, 11) is 0. The third-order valence-electron chi connectivity index (χ3n) is 5.00. The lowest BCUT2D eigenvalue weighted by Crippen LogP contribution is -2.34. The van der Waals surface area contributed by atoms with E-state index in [0.717, 1.165) is 55.3 Å². The van der Waals surface area contributed by atoms with Crippen molar-refractivity contribution in [2.24, 2.45) is 0 Å². The number of benzene rings is 1. The summed E-state index contributed by atoms with van der Waals surface area (Å²) < 4.78 is 14.7. The molecule has 0 spiro atoms. The molecule has 0 atom stereocenters. The van der Waals surface area contributed by atoms with E-state index >= 15 is 0 Å². The van der Waals surface area contributed by atoms with E-state index in [4.69, 9.17) is 5.41 Å². The number of anilines is 2. The van der Waals surface area contributed by atoms with Crippen LogP contribution >= 0.6 is 11.8 Å². The van der Waals surface area contributed by atoms with Gasteiger partial charge in [-0.05, 0) is 37.8 Å². The monoisotopic (exact) mass is 333 g/mol. The van der Waals surface area contributed by atoms with Gasteiger partial charge in [0.2, 0.25) is 0 Å². The second kappa shape index (κ2) is 6.34. The van der Waals surface area contributed by atoms with Gasteiger partial charge in [-0.1, -0.05) is 0 Å². The van der Waals surface area contributed by atoms with Gasteiger partial charge in [0, 0.05) is 54.9 Å². The Morgan fingerprint density at radius 3 is 2.26 bits per heavy atom. The van der Waals surface area contributed by atoms with E-state index in [2.05, 4.69) is 15.9 Å². The number of rotatable bonds is 4. The number of piperidine rings is 1. The minimum absolute atomic E-state index is 0.0930. The number of hydrogen-bond acceptors (Lipinski definition) is 4. The van der Waals surface area contributed by atoms with E-state index in [1.165, 1.54) is 31.4 Å². The molecule has 2 aliphatic heterocycles. The second-order valence-electron chi connectivity index (χ2n) is 6.87. The predicted molar refractivity (Wildman–Crippen MR) is 95.9 cm³/mol. The van der Waals surface area contributed by atoms with Crippen molar-refractivity contribution >= 4 is 28.8 Å². The molecule has 1 saturated carbocycles. The van der Waals surface area contributed by atoms with Crippen LogP contribution in [0.3, 0.4) is 0 Å². The Kier molecular flexibility index (Phi) is 4.22. The summed E-state index contributed by atoms with van der Waals surface area (Å²) in [5, 5.41) is 8.45. The van der Waals surface area contributed by atoms with Crippen molar-refractivity contribution in [1.82, 2.24) is 0 Å². The average Bonchev–Trinajstić information content (AvgIpc) is 3.19. The molecule has 1 aromatic rings. The van der Waals surface area contributed by atoms with Crippen molar-refractivity contribution in [1.29, 1.82) is 5.41 Å². The highest BCUT2D eigenvalue weighted by molar-refractivity contribution is 8.00. The maximum Gasteiger partial charge on any atom is 0.147 e. The molecular formula is C18H24FN3S. The molecule has 0 aromatic heterocycles. The molecule has 3 fully saturated rings. The first-order valence-corrected chi connectivity index (χ1v) is 9.65. The maximum absolute atomic E-state index is 14.7. The molecule has 23 heavy (non-hydrogen) atoms. The highest BCUT2D eigenvalue weighted by Crippen LogP contribution is 2.45. The molecule has 124 valence electrons. The van der Waals surface area contributed by atoms with Crippen LogP contribution in [-0.2, 0) is 0 Å². The summed E-state index contributed by atoms with van der Waals surface area (Å²) in [6.45, 7) is 3.72. The Balaban J connectivity index is 1.65. The Hall–Kier alpha value is -1.23. The van der Waals surface area contributed by atoms with Gasteiger partial charge in [0.25, 0.3) is 0 Å². The quantitative estimate of drug-likeness (QED) is 0.891. The molecule has 1 N–H and O–H groups in total. The zero-order valence-electron chi connectivity index (χ0n) is 13.5. The molecular weight excluding hydrogens is 309 g/mol. The minimum Gasteiger partial charge on any atom is -0.371 e. The lowest BCUT2D eigenvalue weighted by atomic mass is 10.1. The van der Waals surface area contributed by atoms with Crippen LogP contribution in [0.25, 0.3) is 0 Å². The van der Waals surface area contributed by atoms with E-state index in [1.807, 2.05) is 11.8 Å². The highest BCUT2D eigenvalue weighted by Gasteiger charge is 2.28. The smallest absolute Gasteiger partial charge is 0.147 e. The summed E-state index contributed by atoms with van der Waals surface area (Å²) in [6.07, 6.45) is 6.53. The molecule has 1 aromatic carbocycles. The zero-order chi connectivity index (χ0) is 15.8. The van der Waals surface area contributed by atoms with Crippen molar-refractivity contribution in [2.45, 2.75) is 48.7 Å². The Morgan fingerprint density at radius 1 is 0.957 bits per heavy atom. The summed E-state index contributed by atoms with van der Waals surface area (Å²) in [5.74, 6) is -0.0930. The molecule has 0 unspecified atom stereocenters. The van der Waals surface area contributed by atoms with E-state index in [9.17, 15) is 4.39 Å². The van der Waals surface area contributed by atoms with E-state index in [0.29, 0.717) is 5.25 Å². The van der Waals surface area contributed by atoms with E-state index in [-0.39, 0.29) is 5.82 Å². The number of nitrogens with one attached hydrogen (secondary N) is 1. The fraction of sp³-hybridized carbons (Fsp3) is 0.611. The second-order valence-corrected chi connectivity index (χ2v) is 8.22. The topological polar surface area (TPSA) is 30.3 Å². The minimum atomic E-state index is -0.0930. The summed E-state index contributed by atoms with van der Waals surface area (Å²) in [6, 6.07) is 3.85. The van der Waals surface area contributed by atoms with Gasteiger partial charge in [0.15, 0.2) is 0 Å². The van der Waals surface area contributed by atoms with Gasteiger partial charge in [-0.25, -0.2) is 4.39 Å². The zero-order valence-corrected chi connectivity index (χ0v) is 14.3. The summed E-state index contributed by atoms with van der Waals surface area (Å²) in [5.41, 5.74) is 2.76. The third-order valence-corrected chi connectivity index (χ3v) is 6.39. The number of thioether (sulfide) groups is 1. The molecule has 0 bridgehead atoms. The van der Waals surface area contributed by atoms with Gasteiger partial charge in [-0.15, -0.1) is 11.8 Å². The van der Waals surface area contributed by atoms with Crippen LogP contribution in [0.5, 0.6) is 0 Å². The van der Waals surface area contributed by atoms with Crippen LogP contribution in [0, 0.1) is 11.2 Å². The maximum atomic E-state index is 14.7. The molecule has 4 rings (SSSR count). The molecule has 1 aliphatic carbocycles. The van der Waals surface area contributed by atoms with Gasteiger partial charge in [0.05, 0.1) is 11.4 Å². The lowest BCUT2D eigenvalue weighted by molar-refractivity contribution is 0.610. The normalized spacial score (nSPS) is 22.0. The van der Waals surface area contributed by atoms with Crippen LogP contribution in [0.15, 0.2) is 17.0 Å². The Labute approximate surface area is 141 Å². The molecule has 2 saturated heterocycles. The Bertz CT molecular complexity index is 599. The third kappa shape index (κ3) is 3.35. The molecule has 0 radical (unpaired) electrons. The van der Waals surface area contributed by atoms with Crippen LogP contribution in [-0.4, -0.2) is 37.1 Å². The van der Waals surface area contributed by atoms with E-state index < -0.39 is 0 Å². The largest absolute Gasteiger partial charge is 0.371 e. The fourth-order valence-corrected chi connectivity index (χ4v) is 4.67. The molecule has 0 amide bonds. The highest BCUT2D eigenvalue weighted by atomic mass is 32.2. The average molecular weight is 333 g/mol. The molecule has 5 heteroatoms. The van der Waals surface area contributed by atoms with Gasteiger partial charge < -0.3 is 15.2 Å². The Morgan fingerprint density at radius 2 is 1.61 bits per heavy atom. The van der Waals surface area contributed by atoms with Crippen LogP contribution in [0.2, 0.25) is 0 Å². The lowest BCUT2D eigenvalue weighted by Gasteiger charge is -2.31. The predicted octanol–water partition coefficient (Wildman–Crippen LogP) is 4.30. The van der Waals surface area contributed by atoms with Crippen LogP contribution < -0.4 is 9.80 Å². The van der Waals surface area contributed by atoms with Crippen molar-refractivity contribution in [3.63, 3.8) is 0 Å². The van der Waals surface area contributed by atoms with Crippen molar-refractivity contribution in [2.75, 3.05) is 36.0 Å². The van der Waals surface area contributed by atoms with Crippen molar-refractivity contribution in [3.05, 3.63) is 17.9 Å². The fourth-order valence-electron chi connectivity index (χ4n) is 3.46. The number of nitrogens with zero attached hydrogens (tertiary/aromatic N) is 2. The summed E-state index contributed by atoms with van der Waals surface area (Å²) in [4.78, 5) is 5.68. The van der Waals surface area contributed by atoms with E-state index in [1.54, 1.807) is 6.07 Å². The molecule has 3 aliphatic rings. The van der Waals surface area contributed by atoms with Crippen molar-refractivity contribution < 1.29 is 4.39 Å². The van der Waals surface area contributed by atoms with Gasteiger partial charge in [-0.3, -0.25) is 0 Å².